The predicted octanol–water partition coefficient (Wildman–Crippen LogP) is 2.43. The first kappa shape index (κ1) is 20.1. The van der Waals surface area contributed by atoms with E-state index < -0.39 is 6.17 Å². The van der Waals surface area contributed by atoms with Gasteiger partial charge in [-0.1, -0.05) is 20.8 Å². The molecule has 4 N–H and O–H groups in total. The van der Waals surface area contributed by atoms with E-state index >= 15 is 0 Å². The highest BCUT2D eigenvalue weighted by molar-refractivity contribution is 4.99. The fraction of sp³-hybridized carbons (Fsp3) is 1.00. The smallest absolute Gasteiger partial charge is 0.103 e. The van der Waals surface area contributed by atoms with Crippen molar-refractivity contribution in [1.29, 1.82) is 0 Å². The minimum absolute atomic E-state index is 0.0317. The molecule has 142 valence electrons. The monoisotopic (exact) mass is 343 g/mol. The second-order valence-corrected chi connectivity index (χ2v) is 8.35. The lowest BCUT2D eigenvalue weighted by Crippen LogP contribution is -2.58. The molecular formula is C19H38FN3O. The molecule has 1 saturated carbocycles. The first-order chi connectivity index (χ1) is 11.5. The summed E-state index contributed by atoms with van der Waals surface area (Å²) in [5, 5.41) is 19.5. The van der Waals surface area contributed by atoms with Gasteiger partial charge in [-0.3, -0.25) is 5.32 Å². The Hall–Kier alpha value is -0.230. The van der Waals surface area contributed by atoms with Gasteiger partial charge >= 0.3 is 0 Å². The highest BCUT2D eigenvalue weighted by Crippen LogP contribution is 2.41. The highest BCUT2D eigenvalue weighted by atomic mass is 19.1. The Morgan fingerprint density at radius 2 is 2.17 bits per heavy atom. The third-order valence-corrected chi connectivity index (χ3v) is 6.41. The van der Waals surface area contributed by atoms with Gasteiger partial charge in [-0.15, -0.1) is 0 Å². The lowest BCUT2D eigenvalue weighted by Gasteiger charge is -2.49. The molecule has 6 unspecified atom stereocenters. The van der Waals surface area contributed by atoms with Crippen molar-refractivity contribution in [2.75, 3.05) is 26.4 Å². The normalized spacial score (nSPS) is 38.9. The van der Waals surface area contributed by atoms with Gasteiger partial charge in [-0.2, -0.15) is 0 Å². The van der Waals surface area contributed by atoms with E-state index in [-0.39, 0.29) is 18.1 Å². The zero-order chi connectivity index (χ0) is 17.6. The van der Waals surface area contributed by atoms with Crippen LogP contribution in [0.4, 0.5) is 4.39 Å². The van der Waals surface area contributed by atoms with Crippen LogP contribution < -0.4 is 16.0 Å². The summed E-state index contributed by atoms with van der Waals surface area (Å²) in [6.07, 6.45) is 5.64. The second kappa shape index (κ2) is 9.46. The first-order valence-electron chi connectivity index (χ1n) is 9.92. The van der Waals surface area contributed by atoms with Crippen molar-refractivity contribution in [2.24, 2.45) is 17.3 Å². The maximum Gasteiger partial charge on any atom is 0.103 e. The number of hydrogen-bond donors (Lipinski definition) is 4. The number of alkyl halides is 1. The molecule has 0 aromatic carbocycles. The van der Waals surface area contributed by atoms with Crippen LogP contribution in [0.15, 0.2) is 0 Å². The Morgan fingerprint density at radius 1 is 1.38 bits per heavy atom. The topological polar surface area (TPSA) is 56.3 Å². The molecule has 1 aliphatic carbocycles. The molecule has 0 aromatic rings. The van der Waals surface area contributed by atoms with Crippen molar-refractivity contribution >= 4 is 0 Å². The molecule has 1 aliphatic heterocycles. The van der Waals surface area contributed by atoms with Crippen LogP contribution in [-0.2, 0) is 0 Å². The number of piperidine rings is 1. The second-order valence-electron chi connectivity index (χ2n) is 8.35. The van der Waals surface area contributed by atoms with Gasteiger partial charge in [0.15, 0.2) is 0 Å². The van der Waals surface area contributed by atoms with E-state index in [0.29, 0.717) is 18.0 Å². The van der Waals surface area contributed by atoms with Crippen LogP contribution in [0.25, 0.3) is 0 Å². The van der Waals surface area contributed by atoms with Crippen LogP contribution in [-0.4, -0.2) is 49.7 Å². The van der Waals surface area contributed by atoms with Crippen LogP contribution in [0.2, 0.25) is 0 Å². The summed E-state index contributed by atoms with van der Waals surface area (Å²) in [7, 11) is 0. The zero-order valence-electron chi connectivity index (χ0n) is 15.8. The lowest BCUT2D eigenvalue weighted by atomic mass is 9.65. The Kier molecular flexibility index (Phi) is 7.92. The predicted molar refractivity (Wildman–Crippen MR) is 97.7 cm³/mol. The molecule has 6 atom stereocenters. The van der Waals surface area contributed by atoms with Gasteiger partial charge in [0.25, 0.3) is 0 Å². The van der Waals surface area contributed by atoms with Crippen molar-refractivity contribution in [3.05, 3.63) is 0 Å². The first-order valence-corrected chi connectivity index (χ1v) is 9.92. The molecule has 4 nitrogen and oxygen atoms in total. The van der Waals surface area contributed by atoms with Crippen LogP contribution in [0, 0.1) is 17.3 Å². The molecule has 0 radical (unpaired) electrons. The van der Waals surface area contributed by atoms with Crippen molar-refractivity contribution in [1.82, 2.24) is 16.0 Å². The van der Waals surface area contributed by atoms with E-state index in [1.165, 1.54) is 12.8 Å². The Morgan fingerprint density at radius 3 is 2.83 bits per heavy atom. The molecule has 0 bridgehead atoms. The summed E-state index contributed by atoms with van der Waals surface area (Å²) in [5.41, 5.74) is 0.221. The molecule has 0 amide bonds. The molecule has 1 heterocycles. The Bertz CT molecular complexity index is 371. The maximum atomic E-state index is 13.9. The van der Waals surface area contributed by atoms with Gasteiger partial charge < -0.3 is 15.7 Å². The maximum absolute atomic E-state index is 13.9. The Labute approximate surface area is 147 Å². The van der Waals surface area contributed by atoms with E-state index in [0.717, 1.165) is 45.3 Å². The van der Waals surface area contributed by atoms with Crippen molar-refractivity contribution in [3.8, 4) is 0 Å². The van der Waals surface area contributed by atoms with E-state index in [4.69, 9.17) is 5.11 Å². The average molecular weight is 344 g/mol. The molecule has 2 fully saturated rings. The van der Waals surface area contributed by atoms with Gasteiger partial charge in [0, 0.05) is 25.2 Å². The lowest BCUT2D eigenvalue weighted by molar-refractivity contribution is 0.0484. The minimum Gasteiger partial charge on any atom is -0.381 e. The third kappa shape index (κ3) is 5.13. The van der Waals surface area contributed by atoms with Crippen LogP contribution in [0.5, 0.6) is 0 Å². The summed E-state index contributed by atoms with van der Waals surface area (Å²) < 4.78 is 13.9. The summed E-state index contributed by atoms with van der Waals surface area (Å²) in [6, 6.07) is 0.870. The van der Waals surface area contributed by atoms with Crippen LogP contribution >= 0.6 is 0 Å². The number of aliphatic hydroxyl groups is 1. The fourth-order valence-corrected chi connectivity index (χ4v) is 4.77. The van der Waals surface area contributed by atoms with E-state index in [1.54, 1.807) is 0 Å². The van der Waals surface area contributed by atoms with Gasteiger partial charge in [0.05, 0.1) is 6.73 Å². The van der Waals surface area contributed by atoms with Crippen molar-refractivity contribution in [3.63, 3.8) is 0 Å². The number of halogens is 1. The minimum atomic E-state index is -0.608. The molecule has 24 heavy (non-hydrogen) atoms. The number of nitrogens with one attached hydrogen (secondary N) is 3. The standard InChI is InChI=1S/C19H38FN3O/c1-4-16(11-21-13-24)23-12-19(3)8-5-9-22-18(19)15-6-7-17(20)14(2)10-15/h14-18,21-24H,4-13H2,1-3H3. The number of hydrogen-bond acceptors (Lipinski definition) is 4. The largest absolute Gasteiger partial charge is 0.381 e. The van der Waals surface area contributed by atoms with E-state index in [9.17, 15) is 4.39 Å². The molecule has 2 rings (SSSR count). The van der Waals surface area contributed by atoms with Crippen LogP contribution in [0.1, 0.15) is 59.3 Å². The van der Waals surface area contributed by atoms with Crippen molar-refractivity contribution < 1.29 is 9.50 Å². The third-order valence-electron chi connectivity index (χ3n) is 6.41. The van der Waals surface area contributed by atoms with Gasteiger partial charge in [-0.25, -0.2) is 4.39 Å². The SMILES string of the molecule is CCC(CNCO)NCC1(C)CCCNC1C1CCC(F)C(C)C1. The quantitative estimate of drug-likeness (QED) is 0.511. The van der Waals surface area contributed by atoms with Gasteiger partial charge in [-0.05, 0) is 62.3 Å². The molecule has 0 aromatic heterocycles. The number of rotatable bonds is 8. The van der Waals surface area contributed by atoms with E-state index in [2.05, 4.69) is 36.7 Å². The Balaban J connectivity index is 1.96. The molecule has 0 spiro atoms. The van der Waals surface area contributed by atoms with Crippen LogP contribution in [0.3, 0.4) is 0 Å². The van der Waals surface area contributed by atoms with Crippen molar-refractivity contribution in [2.45, 2.75) is 77.6 Å². The summed E-state index contributed by atoms with van der Waals surface area (Å²) >= 11 is 0. The number of aliphatic hydroxyl groups excluding tert-OH is 1. The molecule has 2 aliphatic rings. The van der Waals surface area contributed by atoms with Gasteiger partial charge in [0.1, 0.15) is 6.17 Å². The average Bonchev–Trinajstić information content (AvgIpc) is 2.58. The van der Waals surface area contributed by atoms with Gasteiger partial charge in [0.2, 0.25) is 0 Å². The molecular weight excluding hydrogens is 305 g/mol. The summed E-state index contributed by atoms with van der Waals surface area (Å²) in [6.45, 7) is 9.56. The molecule has 5 heteroatoms. The summed E-state index contributed by atoms with van der Waals surface area (Å²) in [5.74, 6) is 0.788. The highest BCUT2D eigenvalue weighted by Gasteiger charge is 2.43. The molecule has 1 saturated heterocycles. The van der Waals surface area contributed by atoms with E-state index in [1.807, 2.05) is 0 Å². The summed E-state index contributed by atoms with van der Waals surface area (Å²) in [4.78, 5) is 0. The fourth-order valence-electron chi connectivity index (χ4n) is 4.77. The zero-order valence-corrected chi connectivity index (χ0v) is 15.8.